The van der Waals surface area contributed by atoms with Crippen molar-refractivity contribution in [2.24, 2.45) is 0 Å². The quantitative estimate of drug-likeness (QED) is 0.243. The molecule has 5 rings (SSSR count). The van der Waals surface area contributed by atoms with Gasteiger partial charge in [0.05, 0.1) is 30.0 Å². The van der Waals surface area contributed by atoms with Crippen LogP contribution in [0.4, 0.5) is 11.6 Å². The van der Waals surface area contributed by atoms with Crippen molar-refractivity contribution in [3.05, 3.63) is 63.8 Å². The minimum atomic E-state index is -0.0553. The summed E-state index contributed by atoms with van der Waals surface area (Å²) in [5.74, 6) is 0.445. The first kappa shape index (κ1) is 29.2. The van der Waals surface area contributed by atoms with Gasteiger partial charge >= 0.3 is 0 Å². The van der Waals surface area contributed by atoms with Gasteiger partial charge in [-0.1, -0.05) is 50.6 Å². The molecule has 41 heavy (non-hydrogen) atoms. The lowest BCUT2D eigenvalue weighted by atomic mass is 9.98. The molecule has 1 aromatic carbocycles. The van der Waals surface area contributed by atoms with Gasteiger partial charge in [-0.3, -0.25) is 14.0 Å². The van der Waals surface area contributed by atoms with Crippen molar-refractivity contribution >= 4 is 34.3 Å². The van der Waals surface area contributed by atoms with Crippen LogP contribution in [0, 0.1) is 6.92 Å². The Morgan fingerprint density at radius 2 is 1.93 bits per heavy atom. The summed E-state index contributed by atoms with van der Waals surface area (Å²) in [5, 5.41) is 9.25. The van der Waals surface area contributed by atoms with Crippen molar-refractivity contribution in [2.75, 3.05) is 44.6 Å². The molecule has 9 nitrogen and oxygen atoms in total. The maximum Gasteiger partial charge on any atom is 0.260 e. The molecule has 1 atom stereocenters. The second-order valence-electron chi connectivity index (χ2n) is 10.8. The second kappa shape index (κ2) is 13.1. The summed E-state index contributed by atoms with van der Waals surface area (Å²) in [6.45, 7) is 15.2. The molecule has 0 bridgehead atoms. The third kappa shape index (κ3) is 6.32. The Labute approximate surface area is 247 Å². The number of likely N-dealkylation sites (N-methyl/N-ethyl adjacent to an activating group) is 1. The van der Waals surface area contributed by atoms with Gasteiger partial charge < -0.3 is 15.1 Å². The Hall–Kier alpha value is -3.27. The van der Waals surface area contributed by atoms with E-state index in [1.54, 1.807) is 6.20 Å². The number of hydrogen-bond acceptors (Lipinski definition) is 7. The number of likely N-dealkylation sites (tertiary alicyclic amines) is 1. The number of rotatable bonds is 11. The molecule has 0 radical (unpaired) electrons. The summed E-state index contributed by atoms with van der Waals surface area (Å²) in [4.78, 5) is 28.8. The molecule has 1 aliphatic rings. The van der Waals surface area contributed by atoms with E-state index in [1.807, 2.05) is 52.8 Å². The molecular weight excluding hydrogens is 536 g/mol. The highest BCUT2D eigenvalue weighted by Gasteiger charge is 2.27. The predicted octanol–water partition coefficient (Wildman–Crippen LogP) is 5.75. The zero-order valence-electron chi connectivity index (χ0n) is 24.6. The number of nitrogens with one attached hydrogen (secondary N) is 1. The topological polar surface area (TPSA) is 84.1 Å². The van der Waals surface area contributed by atoms with Gasteiger partial charge in [0, 0.05) is 41.5 Å². The molecule has 218 valence electrons. The molecule has 4 aromatic rings. The van der Waals surface area contributed by atoms with Gasteiger partial charge in [-0.05, 0) is 64.0 Å². The molecule has 0 saturated carbocycles. The lowest BCUT2D eigenvalue weighted by Gasteiger charge is -2.34. The number of benzene rings is 1. The highest BCUT2D eigenvalue weighted by atomic mass is 35.5. The number of anilines is 2. The minimum Gasteiger partial charge on any atom is -0.321 e. The molecular formula is C31H41ClN8O. The van der Waals surface area contributed by atoms with Gasteiger partial charge in [-0.2, -0.15) is 10.1 Å². The normalized spacial score (nSPS) is 16.1. The second-order valence-corrected chi connectivity index (χ2v) is 11.2. The van der Waals surface area contributed by atoms with Gasteiger partial charge in [0.25, 0.3) is 5.56 Å². The van der Waals surface area contributed by atoms with Gasteiger partial charge in [0.1, 0.15) is 5.65 Å². The van der Waals surface area contributed by atoms with Gasteiger partial charge in [-0.15, -0.1) is 0 Å². The fourth-order valence-electron chi connectivity index (χ4n) is 5.94. The average molecular weight is 577 g/mol. The first-order chi connectivity index (χ1) is 19.9. The van der Waals surface area contributed by atoms with Crippen molar-refractivity contribution < 1.29 is 0 Å². The molecule has 4 heterocycles. The van der Waals surface area contributed by atoms with E-state index in [0.29, 0.717) is 22.2 Å². The van der Waals surface area contributed by atoms with Crippen LogP contribution in [0.15, 0.2) is 47.7 Å². The van der Waals surface area contributed by atoms with Crippen LogP contribution in [0.5, 0.6) is 0 Å². The molecule has 0 unspecified atom stereocenters. The van der Waals surface area contributed by atoms with Crippen molar-refractivity contribution in [2.45, 2.75) is 59.5 Å². The van der Waals surface area contributed by atoms with E-state index >= 15 is 0 Å². The number of aromatic nitrogens is 5. The zero-order chi connectivity index (χ0) is 28.9. The van der Waals surface area contributed by atoms with E-state index in [4.69, 9.17) is 16.6 Å². The van der Waals surface area contributed by atoms with Crippen LogP contribution < -0.4 is 10.9 Å². The minimum absolute atomic E-state index is 0.0118. The van der Waals surface area contributed by atoms with Gasteiger partial charge in [0.2, 0.25) is 5.95 Å². The number of aryl methyl sites for hydroxylation is 1. The molecule has 3 aromatic heterocycles. The monoisotopic (exact) mass is 576 g/mol. The van der Waals surface area contributed by atoms with E-state index in [1.165, 1.54) is 0 Å². The number of hydrogen-bond donors (Lipinski definition) is 1. The van der Waals surface area contributed by atoms with Crippen molar-refractivity contribution in [3.63, 3.8) is 0 Å². The fourth-order valence-corrected chi connectivity index (χ4v) is 6.17. The van der Waals surface area contributed by atoms with Crippen molar-refractivity contribution in [3.8, 4) is 11.1 Å². The third-order valence-corrected chi connectivity index (χ3v) is 8.50. The van der Waals surface area contributed by atoms with E-state index in [9.17, 15) is 4.79 Å². The first-order valence-corrected chi connectivity index (χ1v) is 15.2. The molecule has 1 N–H and O–H groups in total. The largest absolute Gasteiger partial charge is 0.321 e. The number of halogens is 1. The van der Waals surface area contributed by atoms with Gasteiger partial charge in [-0.25, -0.2) is 4.98 Å². The number of nitrogens with zero attached hydrogens (tertiary/aromatic N) is 7. The van der Waals surface area contributed by atoms with Crippen LogP contribution in [0.25, 0.3) is 22.2 Å². The summed E-state index contributed by atoms with van der Waals surface area (Å²) in [6.07, 6.45) is 8.63. The lowest BCUT2D eigenvalue weighted by molar-refractivity contribution is 0.178. The van der Waals surface area contributed by atoms with Crippen LogP contribution in [0.3, 0.4) is 0 Å². The zero-order valence-corrected chi connectivity index (χ0v) is 25.4. The Balaban J connectivity index is 1.55. The molecule has 0 spiro atoms. The molecule has 10 heteroatoms. The summed E-state index contributed by atoms with van der Waals surface area (Å²) >= 11 is 6.62. The number of piperidine rings is 1. The summed E-state index contributed by atoms with van der Waals surface area (Å²) in [6, 6.07) is 7.57. The van der Waals surface area contributed by atoms with Crippen LogP contribution in [0.1, 0.15) is 51.6 Å². The first-order valence-electron chi connectivity index (χ1n) is 14.8. The van der Waals surface area contributed by atoms with E-state index in [-0.39, 0.29) is 11.6 Å². The van der Waals surface area contributed by atoms with Crippen LogP contribution in [-0.2, 0) is 6.54 Å². The van der Waals surface area contributed by atoms with Crippen LogP contribution in [0.2, 0.25) is 5.02 Å². The standard InChI is InChI=1S/C31H41ClN8O/c1-5-14-38-15-10-11-24(21-38)40-29-26(22(4)28(30(40)41)25-12-8-9-13-27(25)32)19-33-31(36-29)35-23-18-34-39(20-23)17-16-37(6-2)7-3/h8-9,12-13,18-20,24H,5-7,10-11,14-17,21H2,1-4H3,(H,33,35,36)/t24-/m0/s1. The SMILES string of the molecule is CCCN1CCC[C@H](n2c(=O)c(-c3ccccc3Cl)c(C)c3cnc(Nc4cnn(CCN(CC)CC)c4)nc32)C1. The highest BCUT2D eigenvalue weighted by Crippen LogP contribution is 2.33. The highest BCUT2D eigenvalue weighted by molar-refractivity contribution is 6.33. The Kier molecular flexibility index (Phi) is 9.37. The number of fused-ring (bicyclic) bond motifs is 1. The van der Waals surface area contributed by atoms with Crippen molar-refractivity contribution in [1.29, 1.82) is 0 Å². The Morgan fingerprint density at radius 1 is 1.12 bits per heavy atom. The summed E-state index contributed by atoms with van der Waals surface area (Å²) < 4.78 is 3.84. The third-order valence-electron chi connectivity index (χ3n) is 8.17. The molecule has 1 saturated heterocycles. The van der Waals surface area contributed by atoms with E-state index in [0.717, 1.165) is 87.3 Å². The maximum atomic E-state index is 14.4. The Bertz CT molecular complexity index is 1540. The molecule has 1 fully saturated rings. The predicted molar refractivity (Wildman–Crippen MR) is 167 cm³/mol. The maximum absolute atomic E-state index is 14.4. The van der Waals surface area contributed by atoms with Crippen LogP contribution >= 0.6 is 11.6 Å². The Morgan fingerprint density at radius 3 is 2.68 bits per heavy atom. The smallest absolute Gasteiger partial charge is 0.260 e. The molecule has 1 aliphatic heterocycles. The van der Waals surface area contributed by atoms with Crippen molar-refractivity contribution in [1.82, 2.24) is 34.1 Å². The average Bonchev–Trinajstić information content (AvgIpc) is 3.42. The van der Waals surface area contributed by atoms with Crippen LogP contribution in [-0.4, -0.2) is 73.4 Å². The van der Waals surface area contributed by atoms with Gasteiger partial charge in [0.15, 0.2) is 0 Å². The number of pyridine rings is 1. The lowest BCUT2D eigenvalue weighted by Crippen LogP contribution is -2.41. The fraction of sp³-hybridized carbons (Fsp3) is 0.484. The van der Waals surface area contributed by atoms with E-state index in [2.05, 4.69) is 46.0 Å². The summed E-state index contributed by atoms with van der Waals surface area (Å²) in [7, 11) is 0. The van der Waals surface area contributed by atoms with E-state index < -0.39 is 0 Å². The molecule has 0 aliphatic carbocycles. The summed E-state index contributed by atoms with van der Waals surface area (Å²) in [5.41, 5.74) is 3.61. The molecule has 0 amide bonds.